The molecule has 4 saturated heterocycles. The summed E-state index contributed by atoms with van der Waals surface area (Å²) in [5.41, 5.74) is 2.81. The molecule has 5 aliphatic rings. The number of rotatable bonds is 10. The SMILES string of the molecule is CC(=O)COc1cc2cc(Nc3nc(N4CCC(CN5CC6(C5)CN(c5ccc7c(c5)C(=O)N(C5CCC(=O)NC5=O)C7=O)C6)CC4)ncc3Cl)ccc2n(C)c1=O. The number of hydrogen-bond donors (Lipinski definition) is 2. The Morgan fingerprint density at radius 3 is 2.45 bits per heavy atom. The summed E-state index contributed by atoms with van der Waals surface area (Å²) < 4.78 is 6.96. The summed E-state index contributed by atoms with van der Waals surface area (Å²) in [5, 5.41) is 6.67. The highest BCUT2D eigenvalue weighted by Gasteiger charge is 2.52. The summed E-state index contributed by atoms with van der Waals surface area (Å²) in [5.74, 6) is -0.430. The van der Waals surface area contributed by atoms with Gasteiger partial charge in [0.1, 0.15) is 17.7 Å². The first kappa shape index (κ1) is 37.7. The Morgan fingerprint density at radius 1 is 0.948 bits per heavy atom. The molecular weight excluding hydrogens is 766 g/mol. The summed E-state index contributed by atoms with van der Waals surface area (Å²) in [4.78, 5) is 91.9. The van der Waals surface area contributed by atoms with Gasteiger partial charge in [-0.05, 0) is 74.6 Å². The number of nitrogens with zero attached hydrogens (tertiary/aromatic N) is 7. The number of anilines is 4. The van der Waals surface area contributed by atoms with E-state index in [9.17, 15) is 28.8 Å². The number of nitrogens with one attached hydrogen (secondary N) is 2. The number of carbonyl (C=O) groups is 5. The van der Waals surface area contributed by atoms with Crippen LogP contribution in [0, 0.1) is 11.3 Å². The summed E-state index contributed by atoms with van der Waals surface area (Å²) in [7, 11) is 1.66. The third-order valence-corrected chi connectivity index (χ3v) is 12.3. The van der Waals surface area contributed by atoms with Crippen molar-refractivity contribution in [2.45, 2.75) is 38.6 Å². The first-order chi connectivity index (χ1) is 27.8. The quantitative estimate of drug-likeness (QED) is 0.224. The number of Topliss-reactive ketones (excluding diaryl/α,β-unsaturated/α-hetero) is 1. The molecule has 0 bridgehead atoms. The maximum absolute atomic E-state index is 13.3. The molecule has 5 aliphatic heterocycles. The highest BCUT2D eigenvalue weighted by atomic mass is 35.5. The second kappa shape index (κ2) is 14.5. The first-order valence-electron chi connectivity index (χ1n) is 19.5. The summed E-state index contributed by atoms with van der Waals surface area (Å²) in [6.07, 6.45) is 3.85. The van der Waals surface area contributed by atoms with Crippen LogP contribution in [-0.4, -0.2) is 112 Å². The van der Waals surface area contributed by atoms with Gasteiger partial charge in [-0.1, -0.05) is 11.6 Å². The second-order valence-electron chi connectivity index (χ2n) is 16.3. The molecule has 16 nitrogen and oxygen atoms in total. The number of carbonyl (C=O) groups excluding carboxylic acids is 5. The first-order valence-corrected chi connectivity index (χ1v) is 19.9. The Morgan fingerprint density at radius 2 is 1.71 bits per heavy atom. The van der Waals surface area contributed by atoms with Gasteiger partial charge in [0.05, 0.1) is 22.8 Å². The average Bonchev–Trinajstić information content (AvgIpc) is 3.42. The maximum atomic E-state index is 13.3. The number of fused-ring (bicyclic) bond motifs is 2. The van der Waals surface area contributed by atoms with Crippen LogP contribution in [0.15, 0.2) is 53.5 Å². The predicted octanol–water partition coefficient (Wildman–Crippen LogP) is 3.13. The van der Waals surface area contributed by atoms with Crippen LogP contribution < -0.4 is 30.7 Å². The Hall–Kier alpha value is -5.87. The van der Waals surface area contributed by atoms with E-state index < -0.39 is 29.7 Å². The highest BCUT2D eigenvalue weighted by Crippen LogP contribution is 2.43. The molecule has 2 N–H and O–H groups in total. The van der Waals surface area contributed by atoms with Crippen LogP contribution in [-0.2, 0) is 21.4 Å². The van der Waals surface area contributed by atoms with Gasteiger partial charge in [-0.3, -0.25) is 39.0 Å². The third kappa shape index (κ3) is 6.83. The fourth-order valence-corrected chi connectivity index (χ4v) is 9.20. The van der Waals surface area contributed by atoms with Crippen molar-refractivity contribution in [3.8, 4) is 5.75 Å². The van der Waals surface area contributed by atoms with E-state index in [0.717, 1.165) is 74.6 Å². The van der Waals surface area contributed by atoms with Gasteiger partial charge in [-0.2, -0.15) is 4.98 Å². The Kier molecular flexibility index (Phi) is 9.42. The molecule has 2 aromatic heterocycles. The van der Waals surface area contributed by atoms with E-state index in [0.29, 0.717) is 45.0 Å². The van der Waals surface area contributed by atoms with Crippen LogP contribution in [0.25, 0.3) is 10.9 Å². The molecule has 9 rings (SSSR count). The second-order valence-corrected chi connectivity index (χ2v) is 16.7. The molecule has 1 spiro atoms. The summed E-state index contributed by atoms with van der Waals surface area (Å²) >= 11 is 6.55. The number of aryl methyl sites for hydroxylation is 1. The number of piperidine rings is 2. The molecule has 1 unspecified atom stereocenters. The molecule has 2 aromatic carbocycles. The third-order valence-electron chi connectivity index (χ3n) is 12.0. The lowest BCUT2D eigenvalue weighted by atomic mass is 9.72. The van der Waals surface area contributed by atoms with Gasteiger partial charge in [0.2, 0.25) is 17.8 Å². The number of ether oxygens (including phenoxy) is 1. The fraction of sp³-hybridized carbons (Fsp3) is 0.415. The smallest absolute Gasteiger partial charge is 0.293 e. The van der Waals surface area contributed by atoms with Crippen LogP contribution in [0.1, 0.15) is 53.3 Å². The molecule has 4 aromatic rings. The van der Waals surface area contributed by atoms with E-state index in [1.54, 1.807) is 31.4 Å². The average molecular weight is 808 g/mol. The minimum Gasteiger partial charge on any atom is -0.480 e. The van der Waals surface area contributed by atoms with Crippen molar-refractivity contribution in [3.63, 3.8) is 0 Å². The molecule has 4 fully saturated rings. The van der Waals surface area contributed by atoms with Gasteiger partial charge in [0.15, 0.2) is 17.4 Å². The van der Waals surface area contributed by atoms with Crippen LogP contribution in [0.2, 0.25) is 5.02 Å². The topological polar surface area (TPSA) is 179 Å². The molecule has 7 heterocycles. The lowest BCUT2D eigenvalue weighted by Crippen LogP contribution is -2.72. The number of aromatic nitrogens is 3. The van der Waals surface area contributed by atoms with Crippen LogP contribution in [0.3, 0.4) is 0 Å². The van der Waals surface area contributed by atoms with E-state index in [1.807, 2.05) is 24.3 Å². The van der Waals surface area contributed by atoms with E-state index in [1.165, 1.54) is 11.5 Å². The molecule has 17 heteroatoms. The van der Waals surface area contributed by atoms with Crippen molar-refractivity contribution < 1.29 is 28.7 Å². The van der Waals surface area contributed by atoms with E-state index in [-0.39, 0.29) is 42.0 Å². The van der Waals surface area contributed by atoms with Crippen LogP contribution in [0.5, 0.6) is 5.75 Å². The number of ketones is 1. The molecule has 0 radical (unpaired) electrons. The standard InChI is InChI=1S/C41H42ClN9O7/c1-23(52)18-58-33-14-25-13-26(3-6-31(25)47(2)39(33)57)44-35-30(42)16-43-40(46-35)49-11-9-24(10-12-49)17-48-19-41(20-48)21-50(22-41)27-4-5-28-29(15-27)38(56)51(37(28)55)32-7-8-34(53)45-36(32)54/h3-6,13-16,24,32H,7-12,17-22H2,1-2H3,(H,43,44,46)(H,45,53,54). The molecule has 58 heavy (non-hydrogen) atoms. The van der Waals surface area contributed by atoms with E-state index >= 15 is 0 Å². The Labute approximate surface area is 338 Å². The Balaban J connectivity index is 0.763. The monoisotopic (exact) mass is 807 g/mol. The van der Waals surface area contributed by atoms with Crippen molar-refractivity contribution in [3.05, 3.63) is 75.2 Å². The van der Waals surface area contributed by atoms with Gasteiger partial charge in [0, 0.05) is 81.5 Å². The molecule has 300 valence electrons. The fourth-order valence-electron chi connectivity index (χ4n) is 9.06. The van der Waals surface area contributed by atoms with E-state index in [4.69, 9.17) is 21.3 Å². The van der Waals surface area contributed by atoms with Gasteiger partial charge < -0.3 is 29.3 Å². The molecule has 0 aliphatic carbocycles. The minimum absolute atomic E-state index is 0.0879. The van der Waals surface area contributed by atoms with Gasteiger partial charge >= 0.3 is 0 Å². The predicted molar refractivity (Wildman–Crippen MR) is 215 cm³/mol. The van der Waals surface area contributed by atoms with Gasteiger partial charge in [-0.25, -0.2) is 4.98 Å². The normalized spacial score (nSPS) is 20.6. The van der Waals surface area contributed by atoms with Gasteiger partial charge in [-0.15, -0.1) is 0 Å². The largest absolute Gasteiger partial charge is 0.480 e. The number of hydrogen-bond acceptors (Lipinski definition) is 13. The number of imide groups is 2. The van der Waals surface area contributed by atoms with Crippen LogP contribution in [0.4, 0.5) is 23.1 Å². The lowest BCUT2D eigenvalue weighted by molar-refractivity contribution is -0.136. The van der Waals surface area contributed by atoms with Crippen molar-refractivity contribution in [1.82, 2.24) is 29.7 Å². The number of halogens is 1. The number of pyridine rings is 1. The summed E-state index contributed by atoms with van der Waals surface area (Å²) in [6, 6.07) is 11.5. The maximum Gasteiger partial charge on any atom is 0.293 e. The molecule has 1 atom stereocenters. The zero-order valence-corrected chi connectivity index (χ0v) is 32.9. The Bertz CT molecular complexity index is 2470. The van der Waals surface area contributed by atoms with Crippen LogP contribution >= 0.6 is 11.6 Å². The minimum atomic E-state index is -0.976. The molecule has 4 amide bonds. The molecule has 0 saturated carbocycles. The van der Waals surface area contributed by atoms with E-state index in [2.05, 4.69) is 30.3 Å². The summed E-state index contributed by atoms with van der Waals surface area (Å²) in [6.45, 7) is 7.69. The molecular formula is C41H42ClN9O7. The number of benzene rings is 2. The lowest BCUT2D eigenvalue weighted by Gasteiger charge is -2.61. The number of likely N-dealkylation sites (tertiary alicyclic amines) is 1. The number of amides is 4. The van der Waals surface area contributed by atoms with Crippen molar-refractivity contribution in [2.24, 2.45) is 18.4 Å². The van der Waals surface area contributed by atoms with Crippen molar-refractivity contribution in [2.75, 3.05) is 67.5 Å². The zero-order valence-electron chi connectivity index (χ0n) is 32.1. The van der Waals surface area contributed by atoms with Crippen molar-refractivity contribution >= 4 is 75.1 Å². The van der Waals surface area contributed by atoms with Gasteiger partial charge in [0.25, 0.3) is 17.4 Å². The highest BCUT2D eigenvalue weighted by molar-refractivity contribution is 6.33. The van der Waals surface area contributed by atoms with Crippen molar-refractivity contribution in [1.29, 1.82) is 0 Å². The zero-order chi connectivity index (χ0) is 40.5.